The van der Waals surface area contributed by atoms with Gasteiger partial charge in [-0.2, -0.15) is 5.10 Å². The molecular formula is C19H28N4O. The number of nitrogens with one attached hydrogen (secondary N) is 1. The lowest BCUT2D eigenvalue weighted by Crippen LogP contribution is -2.39. The number of hydrogen-bond acceptors (Lipinski definition) is 3. The van der Waals surface area contributed by atoms with E-state index in [0.29, 0.717) is 12.1 Å². The summed E-state index contributed by atoms with van der Waals surface area (Å²) in [5.74, 6) is -0.0400. The smallest absolute Gasteiger partial charge is 0.251 e. The summed E-state index contributed by atoms with van der Waals surface area (Å²) in [4.78, 5) is 14.5. The topological polar surface area (TPSA) is 50.2 Å². The minimum absolute atomic E-state index is 0.0306. The van der Waals surface area contributed by atoms with Crippen LogP contribution < -0.4 is 5.32 Å². The van der Waals surface area contributed by atoms with Crippen molar-refractivity contribution in [2.45, 2.75) is 27.7 Å². The molecule has 0 fully saturated rings. The summed E-state index contributed by atoms with van der Waals surface area (Å²) >= 11 is 0. The van der Waals surface area contributed by atoms with Gasteiger partial charge in [0.25, 0.3) is 5.91 Å². The summed E-state index contributed by atoms with van der Waals surface area (Å²) in [6, 6.07) is 9.59. The summed E-state index contributed by atoms with van der Waals surface area (Å²) in [7, 11) is 4.09. The van der Waals surface area contributed by atoms with Crippen molar-refractivity contribution in [3.05, 3.63) is 47.3 Å². The Morgan fingerprint density at radius 3 is 2.33 bits per heavy atom. The van der Waals surface area contributed by atoms with Crippen LogP contribution in [0, 0.1) is 19.3 Å². The van der Waals surface area contributed by atoms with Crippen molar-refractivity contribution in [3.8, 4) is 5.69 Å². The molecule has 0 spiro atoms. The van der Waals surface area contributed by atoms with Crippen molar-refractivity contribution in [2.24, 2.45) is 5.41 Å². The Hall–Kier alpha value is -2.14. The van der Waals surface area contributed by atoms with Crippen molar-refractivity contribution in [2.75, 3.05) is 27.2 Å². The highest BCUT2D eigenvalue weighted by Gasteiger charge is 2.20. The number of aryl methyl sites for hydroxylation is 2. The van der Waals surface area contributed by atoms with Gasteiger partial charge in [0.15, 0.2) is 0 Å². The number of nitrogens with zero attached hydrogens (tertiary/aromatic N) is 3. The summed E-state index contributed by atoms with van der Waals surface area (Å²) in [6.45, 7) is 9.86. The van der Waals surface area contributed by atoms with E-state index < -0.39 is 0 Å². The van der Waals surface area contributed by atoms with Crippen LogP contribution in [0.2, 0.25) is 0 Å². The summed E-state index contributed by atoms with van der Waals surface area (Å²) in [5.41, 5.74) is 3.72. The number of carbonyl (C=O) groups excluding carboxylic acids is 1. The van der Waals surface area contributed by atoms with Crippen molar-refractivity contribution in [3.63, 3.8) is 0 Å². The molecule has 0 radical (unpaired) electrons. The third-order valence-corrected chi connectivity index (χ3v) is 3.86. The zero-order chi connectivity index (χ0) is 17.9. The molecule has 0 saturated heterocycles. The number of rotatable bonds is 6. The fraction of sp³-hybridized carbons (Fsp3) is 0.474. The molecule has 0 aliphatic rings. The minimum Gasteiger partial charge on any atom is -0.351 e. The first-order chi connectivity index (χ1) is 11.2. The summed E-state index contributed by atoms with van der Waals surface area (Å²) in [5, 5.41) is 7.49. The monoisotopic (exact) mass is 328 g/mol. The standard InChI is InChI=1S/C19H28N4O/c1-14-11-15(2)23(21-14)17-9-7-16(8-10-17)18(24)20-12-19(3,4)13-22(5)6/h7-11H,12-13H2,1-6H3,(H,20,24). The first-order valence-corrected chi connectivity index (χ1v) is 8.24. The van der Waals surface area contributed by atoms with E-state index in [1.807, 2.05) is 63.0 Å². The maximum atomic E-state index is 12.3. The molecule has 0 saturated carbocycles. The highest BCUT2D eigenvalue weighted by molar-refractivity contribution is 5.94. The van der Waals surface area contributed by atoms with Crippen LogP contribution in [0.3, 0.4) is 0 Å². The lowest BCUT2D eigenvalue weighted by Gasteiger charge is -2.28. The molecule has 0 atom stereocenters. The maximum absolute atomic E-state index is 12.3. The molecular weight excluding hydrogens is 300 g/mol. The van der Waals surface area contributed by atoms with Crippen LogP contribution in [0.4, 0.5) is 0 Å². The molecule has 0 bridgehead atoms. The molecule has 5 heteroatoms. The van der Waals surface area contributed by atoms with E-state index >= 15 is 0 Å². The number of aromatic nitrogens is 2. The second kappa shape index (κ2) is 7.18. The van der Waals surface area contributed by atoms with E-state index in [2.05, 4.69) is 29.2 Å². The van der Waals surface area contributed by atoms with Crippen molar-refractivity contribution < 1.29 is 4.79 Å². The van der Waals surface area contributed by atoms with Gasteiger partial charge in [-0.25, -0.2) is 4.68 Å². The summed E-state index contributed by atoms with van der Waals surface area (Å²) < 4.78 is 1.89. The molecule has 0 unspecified atom stereocenters. The van der Waals surface area contributed by atoms with Crippen LogP contribution in [0.25, 0.3) is 5.69 Å². The van der Waals surface area contributed by atoms with E-state index in [9.17, 15) is 4.79 Å². The molecule has 1 aromatic carbocycles. The molecule has 0 aliphatic carbocycles. The van der Waals surface area contributed by atoms with Gasteiger partial charge in [0.05, 0.1) is 11.4 Å². The Bertz CT molecular complexity index is 699. The van der Waals surface area contributed by atoms with Crippen LogP contribution in [0.1, 0.15) is 35.6 Å². The molecule has 2 aromatic rings. The molecule has 0 aliphatic heterocycles. The van der Waals surface area contributed by atoms with Gasteiger partial charge >= 0.3 is 0 Å². The van der Waals surface area contributed by atoms with Crippen LogP contribution in [0.5, 0.6) is 0 Å². The SMILES string of the molecule is Cc1cc(C)n(-c2ccc(C(=O)NCC(C)(C)CN(C)C)cc2)n1. The highest BCUT2D eigenvalue weighted by atomic mass is 16.1. The van der Waals surface area contributed by atoms with Crippen LogP contribution >= 0.6 is 0 Å². The average Bonchev–Trinajstić information content (AvgIpc) is 2.82. The first-order valence-electron chi connectivity index (χ1n) is 8.24. The molecule has 1 N–H and O–H groups in total. The zero-order valence-corrected chi connectivity index (χ0v) is 15.6. The Kier molecular flexibility index (Phi) is 5.44. The molecule has 2 rings (SSSR count). The van der Waals surface area contributed by atoms with Crippen LogP contribution in [-0.4, -0.2) is 47.8 Å². The average molecular weight is 328 g/mol. The van der Waals surface area contributed by atoms with Crippen molar-refractivity contribution in [1.29, 1.82) is 0 Å². The molecule has 1 heterocycles. The molecule has 130 valence electrons. The van der Waals surface area contributed by atoms with E-state index in [1.54, 1.807) is 0 Å². The molecule has 1 aromatic heterocycles. The molecule has 24 heavy (non-hydrogen) atoms. The van der Waals surface area contributed by atoms with Gasteiger partial charge in [0.1, 0.15) is 0 Å². The lowest BCUT2D eigenvalue weighted by atomic mass is 9.93. The van der Waals surface area contributed by atoms with Gasteiger partial charge in [0.2, 0.25) is 0 Å². The molecule has 5 nitrogen and oxygen atoms in total. The predicted octanol–water partition coefficient (Wildman–Crippen LogP) is 2.81. The molecule has 1 amide bonds. The van der Waals surface area contributed by atoms with E-state index in [0.717, 1.165) is 23.6 Å². The Morgan fingerprint density at radius 1 is 1.21 bits per heavy atom. The number of benzene rings is 1. The van der Waals surface area contributed by atoms with Gasteiger partial charge in [0, 0.05) is 24.3 Å². The van der Waals surface area contributed by atoms with Gasteiger partial charge in [-0.3, -0.25) is 4.79 Å². The van der Waals surface area contributed by atoms with Gasteiger partial charge < -0.3 is 10.2 Å². The fourth-order valence-electron chi connectivity index (χ4n) is 2.98. The van der Waals surface area contributed by atoms with E-state index in [1.165, 1.54) is 0 Å². The second-order valence-electron chi connectivity index (χ2n) is 7.47. The largest absolute Gasteiger partial charge is 0.351 e. The zero-order valence-electron chi connectivity index (χ0n) is 15.6. The van der Waals surface area contributed by atoms with Gasteiger partial charge in [-0.15, -0.1) is 0 Å². The number of hydrogen-bond donors (Lipinski definition) is 1. The number of amides is 1. The Balaban J connectivity index is 2.03. The Morgan fingerprint density at radius 2 is 1.83 bits per heavy atom. The van der Waals surface area contributed by atoms with Crippen molar-refractivity contribution >= 4 is 5.91 Å². The third-order valence-electron chi connectivity index (χ3n) is 3.86. The first kappa shape index (κ1) is 18.2. The normalized spacial score (nSPS) is 11.8. The highest BCUT2D eigenvalue weighted by Crippen LogP contribution is 2.16. The van der Waals surface area contributed by atoms with Crippen LogP contribution in [-0.2, 0) is 0 Å². The van der Waals surface area contributed by atoms with E-state index in [-0.39, 0.29) is 11.3 Å². The van der Waals surface area contributed by atoms with Gasteiger partial charge in [-0.05, 0) is 63.7 Å². The summed E-state index contributed by atoms with van der Waals surface area (Å²) in [6.07, 6.45) is 0. The third kappa shape index (κ3) is 4.68. The van der Waals surface area contributed by atoms with E-state index in [4.69, 9.17) is 0 Å². The number of carbonyl (C=O) groups is 1. The predicted molar refractivity (Wildman–Crippen MR) is 97.7 cm³/mol. The quantitative estimate of drug-likeness (QED) is 0.887. The minimum atomic E-state index is -0.0400. The fourth-order valence-corrected chi connectivity index (χ4v) is 2.98. The lowest BCUT2D eigenvalue weighted by molar-refractivity contribution is 0.0929. The Labute approximate surface area is 144 Å². The van der Waals surface area contributed by atoms with Crippen LogP contribution in [0.15, 0.2) is 30.3 Å². The second-order valence-corrected chi connectivity index (χ2v) is 7.47. The van der Waals surface area contributed by atoms with Crippen molar-refractivity contribution in [1.82, 2.24) is 20.0 Å². The van der Waals surface area contributed by atoms with Gasteiger partial charge in [-0.1, -0.05) is 13.8 Å². The maximum Gasteiger partial charge on any atom is 0.251 e.